The molecule has 1 aliphatic rings. The van der Waals surface area contributed by atoms with Crippen LogP contribution in [0.5, 0.6) is 0 Å². The first-order valence-corrected chi connectivity index (χ1v) is 7.71. The number of hydrogen-bond donors (Lipinski definition) is 1. The van der Waals surface area contributed by atoms with Gasteiger partial charge in [0, 0.05) is 21.2 Å². The predicted octanol–water partition coefficient (Wildman–Crippen LogP) is 4.35. The van der Waals surface area contributed by atoms with Crippen LogP contribution < -0.4 is 5.32 Å². The highest BCUT2D eigenvalue weighted by Gasteiger charge is 2.24. The molecule has 0 heterocycles. The zero-order valence-corrected chi connectivity index (χ0v) is 11.9. The molecule has 2 unspecified atom stereocenters. The van der Waals surface area contributed by atoms with E-state index in [0.29, 0.717) is 11.3 Å². The minimum absolute atomic E-state index is 0.665. The standard InChI is InChI=1S/C14H20ClNS/c1-2-16-13-8-3-4-9-14(13)17-12-7-5-6-11(15)10-12/h5-7,10,13-14,16H,2-4,8-9H2,1H3. The van der Waals surface area contributed by atoms with E-state index in [1.54, 1.807) is 0 Å². The first kappa shape index (κ1) is 13.3. The van der Waals surface area contributed by atoms with Crippen LogP contribution in [0.2, 0.25) is 5.02 Å². The molecule has 0 radical (unpaired) electrons. The predicted molar refractivity (Wildman–Crippen MR) is 77.0 cm³/mol. The smallest absolute Gasteiger partial charge is 0.0417 e. The van der Waals surface area contributed by atoms with Crippen LogP contribution in [-0.4, -0.2) is 17.8 Å². The molecule has 1 aromatic rings. The van der Waals surface area contributed by atoms with Crippen LogP contribution in [0, 0.1) is 0 Å². The van der Waals surface area contributed by atoms with Crippen LogP contribution in [-0.2, 0) is 0 Å². The molecule has 0 aliphatic heterocycles. The molecule has 1 aliphatic carbocycles. The Morgan fingerprint density at radius 1 is 1.35 bits per heavy atom. The van der Waals surface area contributed by atoms with Crippen molar-refractivity contribution in [1.82, 2.24) is 5.32 Å². The Bertz CT molecular complexity index is 354. The molecule has 0 aromatic heterocycles. The number of hydrogen-bond acceptors (Lipinski definition) is 2. The first-order valence-electron chi connectivity index (χ1n) is 6.45. The monoisotopic (exact) mass is 269 g/mol. The molecule has 2 rings (SSSR count). The van der Waals surface area contributed by atoms with Gasteiger partial charge in [0.25, 0.3) is 0 Å². The molecule has 3 heteroatoms. The lowest BCUT2D eigenvalue weighted by atomic mass is 9.95. The molecule has 17 heavy (non-hydrogen) atoms. The second kappa shape index (κ2) is 6.67. The largest absolute Gasteiger partial charge is 0.313 e. The van der Waals surface area contributed by atoms with Crippen molar-refractivity contribution in [2.75, 3.05) is 6.54 Å². The number of halogens is 1. The van der Waals surface area contributed by atoms with E-state index in [0.717, 1.165) is 11.6 Å². The number of rotatable bonds is 4. The van der Waals surface area contributed by atoms with Crippen molar-refractivity contribution in [3.05, 3.63) is 29.3 Å². The fourth-order valence-corrected chi connectivity index (χ4v) is 4.09. The Morgan fingerprint density at radius 3 is 2.94 bits per heavy atom. The summed E-state index contributed by atoms with van der Waals surface area (Å²) in [5, 5.41) is 5.15. The summed E-state index contributed by atoms with van der Waals surface area (Å²) in [7, 11) is 0. The average Bonchev–Trinajstić information content (AvgIpc) is 2.32. The maximum atomic E-state index is 6.03. The van der Waals surface area contributed by atoms with Gasteiger partial charge in [0.15, 0.2) is 0 Å². The summed E-state index contributed by atoms with van der Waals surface area (Å²) in [4.78, 5) is 1.30. The number of nitrogens with one attached hydrogen (secondary N) is 1. The third-order valence-electron chi connectivity index (χ3n) is 3.25. The van der Waals surface area contributed by atoms with E-state index in [1.807, 2.05) is 23.9 Å². The van der Waals surface area contributed by atoms with Crippen molar-refractivity contribution in [2.24, 2.45) is 0 Å². The molecule has 0 bridgehead atoms. The lowest BCUT2D eigenvalue weighted by Crippen LogP contribution is -2.40. The van der Waals surface area contributed by atoms with Gasteiger partial charge in [-0.3, -0.25) is 0 Å². The van der Waals surface area contributed by atoms with Gasteiger partial charge in [0.2, 0.25) is 0 Å². The summed E-state index contributed by atoms with van der Waals surface area (Å²) in [6.07, 6.45) is 5.35. The van der Waals surface area contributed by atoms with Crippen LogP contribution >= 0.6 is 23.4 Å². The molecule has 0 spiro atoms. The van der Waals surface area contributed by atoms with Crippen LogP contribution in [0.25, 0.3) is 0 Å². The Balaban J connectivity index is 2.00. The quantitative estimate of drug-likeness (QED) is 0.872. The Hall–Kier alpha value is -0.180. The van der Waals surface area contributed by atoms with E-state index in [9.17, 15) is 0 Å². The van der Waals surface area contributed by atoms with Gasteiger partial charge < -0.3 is 5.32 Å². The molecule has 94 valence electrons. The van der Waals surface area contributed by atoms with Gasteiger partial charge in [-0.05, 0) is 37.6 Å². The number of thioether (sulfide) groups is 1. The third-order valence-corrected chi connectivity index (χ3v) is 4.88. The van der Waals surface area contributed by atoms with E-state index < -0.39 is 0 Å². The second-order valence-corrected chi connectivity index (χ2v) is 6.31. The summed E-state index contributed by atoms with van der Waals surface area (Å²) in [6, 6.07) is 8.87. The van der Waals surface area contributed by atoms with Crippen LogP contribution in [0.1, 0.15) is 32.6 Å². The van der Waals surface area contributed by atoms with Gasteiger partial charge in [-0.15, -0.1) is 11.8 Å². The normalized spacial score (nSPS) is 24.8. The highest BCUT2D eigenvalue weighted by molar-refractivity contribution is 8.00. The van der Waals surface area contributed by atoms with Crippen molar-refractivity contribution >= 4 is 23.4 Å². The van der Waals surface area contributed by atoms with Gasteiger partial charge >= 0.3 is 0 Å². The van der Waals surface area contributed by atoms with Crippen molar-refractivity contribution < 1.29 is 0 Å². The van der Waals surface area contributed by atoms with Gasteiger partial charge in [0.05, 0.1) is 0 Å². The lowest BCUT2D eigenvalue weighted by molar-refractivity contribution is 0.391. The highest BCUT2D eigenvalue weighted by Crippen LogP contribution is 2.34. The Morgan fingerprint density at radius 2 is 2.18 bits per heavy atom. The Kier molecular flexibility index (Phi) is 5.20. The molecule has 1 saturated carbocycles. The number of benzene rings is 1. The molecular weight excluding hydrogens is 250 g/mol. The molecule has 0 amide bonds. The minimum Gasteiger partial charge on any atom is -0.313 e. The molecule has 0 saturated heterocycles. The lowest BCUT2D eigenvalue weighted by Gasteiger charge is -2.31. The van der Waals surface area contributed by atoms with E-state index in [1.165, 1.54) is 30.6 Å². The molecule has 1 aromatic carbocycles. The highest BCUT2D eigenvalue weighted by atomic mass is 35.5. The molecule has 1 fully saturated rings. The van der Waals surface area contributed by atoms with Crippen molar-refractivity contribution in [1.29, 1.82) is 0 Å². The van der Waals surface area contributed by atoms with Crippen molar-refractivity contribution in [3.8, 4) is 0 Å². The minimum atomic E-state index is 0.665. The zero-order chi connectivity index (χ0) is 12.1. The van der Waals surface area contributed by atoms with E-state index >= 15 is 0 Å². The fourth-order valence-electron chi connectivity index (χ4n) is 2.45. The molecule has 1 N–H and O–H groups in total. The topological polar surface area (TPSA) is 12.0 Å². The van der Waals surface area contributed by atoms with Crippen molar-refractivity contribution in [3.63, 3.8) is 0 Å². The van der Waals surface area contributed by atoms with Crippen LogP contribution in [0.4, 0.5) is 0 Å². The summed E-state index contributed by atoms with van der Waals surface area (Å²) >= 11 is 8.01. The summed E-state index contributed by atoms with van der Waals surface area (Å²) < 4.78 is 0. The average molecular weight is 270 g/mol. The van der Waals surface area contributed by atoms with E-state index in [2.05, 4.69) is 24.4 Å². The molecule has 2 atom stereocenters. The van der Waals surface area contributed by atoms with Gasteiger partial charge in [-0.25, -0.2) is 0 Å². The van der Waals surface area contributed by atoms with E-state index in [4.69, 9.17) is 11.6 Å². The Labute approximate surface area is 113 Å². The third kappa shape index (κ3) is 3.90. The summed E-state index contributed by atoms with van der Waals surface area (Å²) in [5.74, 6) is 0. The molecular formula is C14H20ClNS. The van der Waals surface area contributed by atoms with Crippen LogP contribution in [0.3, 0.4) is 0 Å². The first-order chi connectivity index (χ1) is 8.29. The van der Waals surface area contributed by atoms with Gasteiger partial charge in [0.1, 0.15) is 0 Å². The summed E-state index contributed by atoms with van der Waals surface area (Å²) in [6.45, 7) is 3.26. The van der Waals surface area contributed by atoms with E-state index in [-0.39, 0.29) is 0 Å². The fraction of sp³-hybridized carbons (Fsp3) is 0.571. The maximum Gasteiger partial charge on any atom is 0.0417 e. The SMILES string of the molecule is CCNC1CCCCC1Sc1cccc(Cl)c1. The van der Waals surface area contributed by atoms with Crippen molar-refractivity contribution in [2.45, 2.75) is 48.8 Å². The molecule has 1 nitrogen and oxygen atoms in total. The van der Waals surface area contributed by atoms with Gasteiger partial charge in [-0.2, -0.15) is 0 Å². The summed E-state index contributed by atoms with van der Waals surface area (Å²) in [5.41, 5.74) is 0. The zero-order valence-electron chi connectivity index (χ0n) is 10.3. The second-order valence-electron chi connectivity index (χ2n) is 4.56. The van der Waals surface area contributed by atoms with Crippen LogP contribution in [0.15, 0.2) is 29.2 Å². The maximum absolute atomic E-state index is 6.03. The van der Waals surface area contributed by atoms with Gasteiger partial charge in [-0.1, -0.05) is 37.4 Å².